The Morgan fingerprint density at radius 3 is 2.37 bits per heavy atom. The highest BCUT2D eigenvalue weighted by molar-refractivity contribution is 5.89. The summed E-state index contributed by atoms with van der Waals surface area (Å²) < 4.78 is 6.87. The number of imidazole rings is 1. The summed E-state index contributed by atoms with van der Waals surface area (Å²) in [4.78, 5) is 28.4. The van der Waals surface area contributed by atoms with Crippen LogP contribution >= 0.6 is 0 Å². The summed E-state index contributed by atoms with van der Waals surface area (Å²) in [7, 11) is 1.40. The number of rotatable bonds is 7. The summed E-state index contributed by atoms with van der Waals surface area (Å²) >= 11 is 0. The molecule has 3 aromatic carbocycles. The van der Waals surface area contributed by atoms with Gasteiger partial charge in [0, 0.05) is 43.0 Å². The SMILES string of the molecule is COC(=O)c1ccc(CN2CC(c3ccc(-n4c(-c5cccnc5N)nc5ccc(-c6ccccc6)nc54)cc3)C2)cc1. The number of carbonyl (C=O) groups is 1. The number of fused-ring (bicyclic) bond motifs is 1. The number of benzene rings is 3. The van der Waals surface area contributed by atoms with Crippen molar-refractivity contribution in [2.45, 2.75) is 12.5 Å². The summed E-state index contributed by atoms with van der Waals surface area (Å²) in [5.74, 6) is 1.28. The molecule has 1 fully saturated rings. The molecule has 1 aliphatic rings. The summed E-state index contributed by atoms with van der Waals surface area (Å²) in [6, 6.07) is 34.3. The normalized spacial score (nSPS) is 13.6. The van der Waals surface area contributed by atoms with Gasteiger partial charge >= 0.3 is 5.97 Å². The van der Waals surface area contributed by atoms with Crippen molar-refractivity contribution in [3.63, 3.8) is 0 Å². The van der Waals surface area contributed by atoms with Crippen molar-refractivity contribution in [3.05, 3.63) is 126 Å². The first kappa shape index (κ1) is 26.6. The Labute approximate surface area is 249 Å². The second-order valence-electron chi connectivity index (χ2n) is 10.8. The highest BCUT2D eigenvalue weighted by atomic mass is 16.5. The zero-order valence-electron chi connectivity index (χ0n) is 23.7. The lowest BCUT2D eigenvalue weighted by Crippen LogP contribution is -2.44. The smallest absolute Gasteiger partial charge is 0.337 e. The van der Waals surface area contributed by atoms with Crippen LogP contribution < -0.4 is 5.73 Å². The Morgan fingerprint density at radius 1 is 0.884 bits per heavy atom. The number of ether oxygens (including phenoxy) is 1. The molecule has 0 amide bonds. The number of nitrogens with zero attached hydrogens (tertiary/aromatic N) is 5. The summed E-state index contributed by atoms with van der Waals surface area (Å²) in [5.41, 5.74) is 14.6. The van der Waals surface area contributed by atoms with E-state index < -0.39 is 0 Å². The molecule has 0 atom stereocenters. The second-order valence-corrected chi connectivity index (χ2v) is 10.8. The first-order chi connectivity index (χ1) is 21.1. The number of anilines is 1. The van der Waals surface area contributed by atoms with Crippen LogP contribution in [0.2, 0.25) is 0 Å². The van der Waals surface area contributed by atoms with Crippen LogP contribution in [-0.4, -0.2) is 50.6 Å². The summed E-state index contributed by atoms with van der Waals surface area (Å²) in [6.07, 6.45) is 1.69. The van der Waals surface area contributed by atoms with Crippen LogP contribution in [0.15, 0.2) is 109 Å². The maximum atomic E-state index is 11.7. The molecular formula is C35H30N6O2. The highest BCUT2D eigenvalue weighted by Gasteiger charge is 2.28. The number of aromatic nitrogens is 4. The minimum atomic E-state index is -0.314. The predicted octanol–water partition coefficient (Wildman–Crippen LogP) is 6.12. The van der Waals surface area contributed by atoms with Crippen molar-refractivity contribution in [1.29, 1.82) is 0 Å². The van der Waals surface area contributed by atoms with Gasteiger partial charge in [0.05, 0.1) is 23.9 Å². The molecule has 2 N–H and O–H groups in total. The largest absolute Gasteiger partial charge is 0.465 e. The van der Waals surface area contributed by atoms with E-state index in [0.717, 1.165) is 53.3 Å². The Bertz CT molecular complexity index is 1910. The van der Waals surface area contributed by atoms with Crippen molar-refractivity contribution in [1.82, 2.24) is 24.4 Å². The van der Waals surface area contributed by atoms with Gasteiger partial charge in [0.25, 0.3) is 0 Å². The maximum absolute atomic E-state index is 11.7. The zero-order valence-corrected chi connectivity index (χ0v) is 23.7. The van der Waals surface area contributed by atoms with E-state index in [1.165, 1.54) is 18.2 Å². The van der Waals surface area contributed by atoms with Gasteiger partial charge in [-0.15, -0.1) is 0 Å². The molecular weight excluding hydrogens is 536 g/mol. The van der Waals surface area contributed by atoms with E-state index in [-0.39, 0.29) is 5.97 Å². The Kier molecular flexibility index (Phi) is 6.89. The fourth-order valence-electron chi connectivity index (χ4n) is 5.69. The van der Waals surface area contributed by atoms with E-state index in [4.69, 9.17) is 20.4 Å². The van der Waals surface area contributed by atoms with Crippen LogP contribution in [-0.2, 0) is 11.3 Å². The Hall–Kier alpha value is -5.34. The first-order valence-corrected chi connectivity index (χ1v) is 14.2. The second kappa shape index (κ2) is 11.2. The minimum absolute atomic E-state index is 0.314. The van der Waals surface area contributed by atoms with Crippen molar-refractivity contribution in [2.24, 2.45) is 0 Å². The third-order valence-electron chi connectivity index (χ3n) is 8.01. The molecule has 0 saturated carbocycles. The number of methoxy groups -OCH3 is 1. The van der Waals surface area contributed by atoms with Crippen LogP contribution in [0.1, 0.15) is 27.4 Å². The van der Waals surface area contributed by atoms with Crippen molar-refractivity contribution in [3.8, 4) is 28.3 Å². The summed E-state index contributed by atoms with van der Waals surface area (Å²) in [5, 5.41) is 0. The first-order valence-electron chi connectivity index (χ1n) is 14.2. The lowest BCUT2D eigenvalue weighted by atomic mass is 9.91. The molecule has 4 heterocycles. The molecule has 0 radical (unpaired) electrons. The lowest BCUT2D eigenvalue weighted by Gasteiger charge is -2.39. The van der Waals surface area contributed by atoms with Gasteiger partial charge in [0.15, 0.2) is 11.5 Å². The van der Waals surface area contributed by atoms with Gasteiger partial charge in [-0.05, 0) is 59.7 Å². The Balaban J connectivity index is 1.16. The van der Waals surface area contributed by atoms with Crippen LogP contribution in [0.3, 0.4) is 0 Å². The predicted molar refractivity (Wildman–Crippen MR) is 168 cm³/mol. The topological polar surface area (TPSA) is 99.2 Å². The van der Waals surface area contributed by atoms with E-state index in [9.17, 15) is 4.79 Å². The molecule has 8 nitrogen and oxygen atoms in total. The van der Waals surface area contributed by atoms with E-state index in [1.54, 1.807) is 6.20 Å². The number of carbonyl (C=O) groups excluding carboxylic acids is 1. The molecule has 1 aliphatic heterocycles. The minimum Gasteiger partial charge on any atom is -0.465 e. The highest BCUT2D eigenvalue weighted by Crippen LogP contribution is 2.33. The average Bonchev–Trinajstić information content (AvgIpc) is 3.42. The average molecular weight is 567 g/mol. The van der Waals surface area contributed by atoms with Crippen molar-refractivity contribution in [2.75, 3.05) is 25.9 Å². The van der Waals surface area contributed by atoms with Crippen LogP contribution in [0.25, 0.3) is 39.5 Å². The molecule has 212 valence electrons. The quantitative estimate of drug-likeness (QED) is 0.233. The number of hydrogen-bond donors (Lipinski definition) is 1. The molecule has 0 spiro atoms. The molecule has 0 bridgehead atoms. The maximum Gasteiger partial charge on any atom is 0.337 e. The molecule has 6 aromatic rings. The van der Waals surface area contributed by atoms with Gasteiger partial charge in [0.2, 0.25) is 0 Å². The van der Waals surface area contributed by atoms with E-state index in [2.05, 4.69) is 50.8 Å². The number of pyridine rings is 2. The number of esters is 1. The molecule has 43 heavy (non-hydrogen) atoms. The fourth-order valence-corrected chi connectivity index (χ4v) is 5.69. The fraction of sp³-hybridized carbons (Fsp3) is 0.143. The Morgan fingerprint density at radius 2 is 1.65 bits per heavy atom. The van der Waals surface area contributed by atoms with Crippen molar-refractivity contribution < 1.29 is 9.53 Å². The van der Waals surface area contributed by atoms with Gasteiger partial charge in [-0.25, -0.2) is 19.7 Å². The molecule has 7 rings (SSSR count). The zero-order chi connectivity index (χ0) is 29.3. The molecule has 8 heteroatoms. The van der Waals surface area contributed by atoms with Crippen LogP contribution in [0.5, 0.6) is 0 Å². The molecule has 0 aliphatic carbocycles. The number of nitrogens with two attached hydrogens (primary N) is 1. The van der Waals surface area contributed by atoms with Crippen LogP contribution in [0.4, 0.5) is 5.82 Å². The monoisotopic (exact) mass is 566 g/mol. The number of hydrogen-bond acceptors (Lipinski definition) is 7. The van der Waals surface area contributed by atoms with Gasteiger partial charge in [-0.3, -0.25) is 9.47 Å². The summed E-state index contributed by atoms with van der Waals surface area (Å²) in [6.45, 7) is 2.81. The van der Waals surface area contributed by atoms with E-state index >= 15 is 0 Å². The van der Waals surface area contributed by atoms with Crippen LogP contribution in [0, 0.1) is 0 Å². The third kappa shape index (κ3) is 5.13. The number of nitrogen functional groups attached to an aromatic ring is 1. The molecule has 3 aromatic heterocycles. The molecule has 0 unspecified atom stereocenters. The van der Waals surface area contributed by atoms with Gasteiger partial charge in [-0.2, -0.15) is 0 Å². The standard InChI is InChI=1S/C35H30N6O2/c1-43-35(42)26-11-9-23(10-12-26)20-40-21-27(22-40)24-13-15-28(16-14-24)41-33(29-8-5-19-37-32(29)36)39-31-18-17-30(38-34(31)41)25-6-3-2-4-7-25/h2-19,27H,20-22H2,1H3,(H2,36,37). The van der Waals surface area contributed by atoms with Crippen molar-refractivity contribution >= 4 is 23.0 Å². The lowest BCUT2D eigenvalue weighted by molar-refractivity contribution is 0.0600. The van der Waals surface area contributed by atoms with Gasteiger partial charge in [0.1, 0.15) is 11.3 Å². The van der Waals surface area contributed by atoms with Gasteiger partial charge < -0.3 is 10.5 Å². The third-order valence-corrected chi connectivity index (χ3v) is 8.01. The van der Waals surface area contributed by atoms with E-state index in [0.29, 0.717) is 23.1 Å². The molecule has 1 saturated heterocycles. The number of likely N-dealkylation sites (tertiary alicyclic amines) is 1. The van der Waals surface area contributed by atoms with Gasteiger partial charge in [-0.1, -0.05) is 54.6 Å². The van der Waals surface area contributed by atoms with E-state index in [1.807, 2.05) is 66.7 Å².